The number of ether oxygens (including phenoxy) is 1. The Morgan fingerprint density at radius 3 is 2.76 bits per heavy atom. The van der Waals surface area contributed by atoms with Gasteiger partial charge in [0.25, 0.3) is 5.91 Å². The van der Waals surface area contributed by atoms with E-state index in [0.29, 0.717) is 6.54 Å². The fraction of sp³-hybridized carbons (Fsp3) is 0.421. The molecule has 0 aliphatic heterocycles. The second-order valence-corrected chi connectivity index (χ2v) is 6.12. The summed E-state index contributed by atoms with van der Waals surface area (Å²) < 4.78 is 10.8. The molecule has 1 aromatic heterocycles. The number of fused-ring (bicyclic) bond motifs is 1. The fourth-order valence-electron chi connectivity index (χ4n) is 2.61. The molecule has 6 nitrogen and oxygen atoms in total. The number of nitriles is 1. The van der Waals surface area contributed by atoms with E-state index in [4.69, 9.17) is 14.4 Å². The first-order valence-corrected chi connectivity index (χ1v) is 8.12. The molecule has 0 bridgehead atoms. The molecule has 0 saturated carbocycles. The Balaban J connectivity index is 2.02. The number of hydrogen-bond acceptors (Lipinski definition) is 5. The van der Waals surface area contributed by atoms with Crippen molar-refractivity contribution in [2.45, 2.75) is 39.7 Å². The minimum atomic E-state index is -0.890. The Bertz CT molecular complexity index is 832. The van der Waals surface area contributed by atoms with Gasteiger partial charge in [0.1, 0.15) is 5.58 Å². The molecule has 1 aromatic carbocycles. The number of hydrogen-bond donors (Lipinski definition) is 0. The predicted molar refractivity (Wildman–Crippen MR) is 92.8 cm³/mol. The van der Waals surface area contributed by atoms with Crippen molar-refractivity contribution in [2.75, 3.05) is 13.6 Å². The minimum Gasteiger partial charge on any atom is -0.464 e. The van der Waals surface area contributed by atoms with Crippen LogP contribution >= 0.6 is 0 Å². The molecule has 0 aliphatic carbocycles. The lowest BCUT2D eigenvalue weighted by atomic mass is 10.0. The lowest BCUT2D eigenvalue weighted by molar-refractivity contribution is -0.157. The van der Waals surface area contributed by atoms with Crippen LogP contribution in [0.3, 0.4) is 0 Å². The average Bonchev–Trinajstić information content (AvgIpc) is 2.98. The van der Waals surface area contributed by atoms with Crippen LogP contribution in [0.5, 0.6) is 0 Å². The highest BCUT2D eigenvalue weighted by atomic mass is 16.5. The number of furan rings is 1. The van der Waals surface area contributed by atoms with E-state index in [9.17, 15) is 9.59 Å². The summed E-state index contributed by atoms with van der Waals surface area (Å²) in [6, 6.07) is 5.89. The van der Waals surface area contributed by atoms with E-state index in [-0.39, 0.29) is 18.7 Å². The Hall–Kier alpha value is -2.81. The summed E-state index contributed by atoms with van der Waals surface area (Å²) in [5, 5.41) is 9.45. The zero-order valence-corrected chi connectivity index (χ0v) is 15.0. The summed E-state index contributed by atoms with van der Waals surface area (Å²) >= 11 is 0. The normalized spacial score (nSPS) is 11.8. The van der Waals surface area contributed by atoms with E-state index >= 15 is 0 Å². The van der Waals surface area contributed by atoms with E-state index in [2.05, 4.69) is 0 Å². The van der Waals surface area contributed by atoms with Crippen LogP contribution in [-0.4, -0.2) is 36.5 Å². The Morgan fingerprint density at radius 1 is 1.36 bits per heavy atom. The zero-order chi connectivity index (χ0) is 18.6. The number of likely N-dealkylation sites (N-methyl/N-ethyl adjacent to an activating group) is 1. The van der Waals surface area contributed by atoms with Crippen LogP contribution in [0.1, 0.15) is 30.0 Å². The molecule has 0 N–H and O–H groups in total. The molecule has 0 aliphatic rings. The van der Waals surface area contributed by atoms with Gasteiger partial charge in [0.2, 0.25) is 0 Å². The Labute approximate surface area is 147 Å². The van der Waals surface area contributed by atoms with E-state index < -0.39 is 12.1 Å². The third-order valence-corrected chi connectivity index (χ3v) is 4.27. The summed E-state index contributed by atoms with van der Waals surface area (Å²) in [5.74, 6) is -0.817. The van der Waals surface area contributed by atoms with Gasteiger partial charge < -0.3 is 14.1 Å². The molecule has 132 valence electrons. The number of amides is 1. The number of aryl methyl sites for hydroxylation is 2. The molecule has 25 heavy (non-hydrogen) atoms. The predicted octanol–water partition coefficient (Wildman–Crippen LogP) is 2.90. The second kappa shape index (κ2) is 7.84. The van der Waals surface area contributed by atoms with Gasteiger partial charge in [0.05, 0.1) is 25.2 Å². The van der Waals surface area contributed by atoms with Gasteiger partial charge in [-0.2, -0.15) is 5.26 Å². The van der Waals surface area contributed by atoms with Crippen molar-refractivity contribution in [3.05, 3.63) is 35.1 Å². The minimum absolute atomic E-state index is 0.0367. The number of nitrogens with zero attached hydrogens (tertiary/aromatic N) is 2. The smallest absolute Gasteiger partial charge is 0.311 e. The van der Waals surface area contributed by atoms with E-state index in [1.165, 1.54) is 11.8 Å². The largest absolute Gasteiger partial charge is 0.464 e. The topological polar surface area (TPSA) is 83.5 Å². The second-order valence-electron chi connectivity index (χ2n) is 6.12. The standard InChI is InChI=1S/C19H22N2O4/c1-12-6-7-16-15(11-24-18(16)13(12)2)10-17(22)25-14(3)19(23)21(4)9-5-8-20/h6-7,11,14H,5,9-10H2,1-4H3/t14-/m0/s1. The van der Waals surface area contributed by atoms with Crippen molar-refractivity contribution in [1.29, 1.82) is 5.26 Å². The van der Waals surface area contributed by atoms with Gasteiger partial charge in [-0.15, -0.1) is 0 Å². The quantitative estimate of drug-likeness (QED) is 0.754. The first-order valence-electron chi connectivity index (χ1n) is 8.12. The van der Waals surface area contributed by atoms with Gasteiger partial charge in [0.15, 0.2) is 6.10 Å². The van der Waals surface area contributed by atoms with Crippen LogP contribution < -0.4 is 0 Å². The van der Waals surface area contributed by atoms with Crippen LogP contribution in [-0.2, 0) is 20.7 Å². The van der Waals surface area contributed by atoms with Crippen molar-refractivity contribution in [3.63, 3.8) is 0 Å². The maximum absolute atomic E-state index is 12.2. The third kappa shape index (κ3) is 4.18. The maximum atomic E-state index is 12.2. The van der Waals surface area contributed by atoms with Gasteiger partial charge in [-0.1, -0.05) is 12.1 Å². The van der Waals surface area contributed by atoms with Crippen LogP contribution in [0.2, 0.25) is 0 Å². The van der Waals surface area contributed by atoms with E-state index in [0.717, 1.165) is 27.7 Å². The zero-order valence-electron chi connectivity index (χ0n) is 15.0. The summed E-state index contributed by atoms with van der Waals surface area (Å²) in [6.45, 7) is 5.81. The third-order valence-electron chi connectivity index (χ3n) is 4.27. The highest BCUT2D eigenvalue weighted by molar-refractivity contribution is 5.89. The molecule has 6 heteroatoms. The summed E-state index contributed by atoms with van der Waals surface area (Å²) in [5.41, 5.74) is 3.67. The highest BCUT2D eigenvalue weighted by Crippen LogP contribution is 2.27. The number of esters is 1. The average molecular weight is 342 g/mol. The van der Waals surface area contributed by atoms with Crippen molar-refractivity contribution in [1.82, 2.24) is 4.90 Å². The molecule has 1 heterocycles. The number of benzene rings is 1. The monoisotopic (exact) mass is 342 g/mol. The van der Waals surface area contributed by atoms with Crippen LogP contribution in [0, 0.1) is 25.2 Å². The van der Waals surface area contributed by atoms with Crippen molar-refractivity contribution in [3.8, 4) is 6.07 Å². The molecule has 0 fully saturated rings. The Morgan fingerprint density at radius 2 is 2.08 bits per heavy atom. The van der Waals surface area contributed by atoms with Gasteiger partial charge in [0, 0.05) is 24.5 Å². The first kappa shape index (κ1) is 18.5. The molecule has 2 rings (SSSR count). The van der Waals surface area contributed by atoms with Crippen molar-refractivity contribution < 1.29 is 18.7 Å². The van der Waals surface area contributed by atoms with Gasteiger partial charge >= 0.3 is 5.97 Å². The van der Waals surface area contributed by atoms with E-state index in [1.54, 1.807) is 13.3 Å². The molecule has 0 saturated heterocycles. The van der Waals surface area contributed by atoms with Crippen LogP contribution in [0.15, 0.2) is 22.8 Å². The summed E-state index contributed by atoms with van der Waals surface area (Å²) in [7, 11) is 1.58. The first-order chi connectivity index (χ1) is 11.8. The van der Waals surface area contributed by atoms with Gasteiger partial charge in [-0.05, 0) is 31.9 Å². The highest BCUT2D eigenvalue weighted by Gasteiger charge is 2.22. The lowest BCUT2D eigenvalue weighted by Gasteiger charge is -2.20. The number of rotatable bonds is 6. The molecule has 2 aromatic rings. The van der Waals surface area contributed by atoms with Crippen molar-refractivity contribution >= 4 is 22.8 Å². The summed E-state index contributed by atoms with van der Waals surface area (Å²) in [6.07, 6.45) is 0.945. The number of carbonyl (C=O) groups excluding carboxylic acids is 2. The van der Waals surface area contributed by atoms with Crippen LogP contribution in [0.4, 0.5) is 0 Å². The van der Waals surface area contributed by atoms with E-state index in [1.807, 2.05) is 32.0 Å². The molecule has 0 spiro atoms. The number of carbonyl (C=O) groups is 2. The fourth-order valence-corrected chi connectivity index (χ4v) is 2.61. The molecule has 1 atom stereocenters. The van der Waals surface area contributed by atoms with Gasteiger partial charge in [-0.25, -0.2) is 0 Å². The van der Waals surface area contributed by atoms with Gasteiger partial charge in [-0.3, -0.25) is 9.59 Å². The molecule has 1 amide bonds. The lowest BCUT2D eigenvalue weighted by Crippen LogP contribution is -2.38. The molecule has 0 unspecified atom stereocenters. The summed E-state index contributed by atoms with van der Waals surface area (Å²) in [4.78, 5) is 25.7. The molecule has 0 radical (unpaired) electrons. The molecular formula is C19H22N2O4. The molecular weight excluding hydrogens is 320 g/mol. The van der Waals surface area contributed by atoms with Crippen LogP contribution in [0.25, 0.3) is 11.0 Å². The maximum Gasteiger partial charge on any atom is 0.311 e. The Kier molecular flexibility index (Phi) is 5.81. The van der Waals surface area contributed by atoms with Crippen molar-refractivity contribution in [2.24, 2.45) is 0 Å². The SMILES string of the molecule is Cc1ccc2c(CC(=O)O[C@@H](C)C(=O)N(C)CCC#N)coc2c1C.